The molecule has 5 nitrogen and oxygen atoms in total. The van der Waals surface area contributed by atoms with E-state index >= 15 is 0 Å². The van der Waals surface area contributed by atoms with E-state index in [0.29, 0.717) is 6.61 Å². The lowest BCUT2D eigenvalue weighted by Crippen LogP contribution is -2.15. The van der Waals surface area contributed by atoms with E-state index in [0.717, 1.165) is 19.3 Å². The van der Waals surface area contributed by atoms with Crippen LogP contribution in [0.1, 0.15) is 66.2 Å². The molecule has 0 heterocycles. The van der Waals surface area contributed by atoms with Gasteiger partial charge in [0, 0.05) is 0 Å². The van der Waals surface area contributed by atoms with Crippen LogP contribution in [0.3, 0.4) is 0 Å². The number of benzene rings is 1. The van der Waals surface area contributed by atoms with Crippen LogP contribution in [0.25, 0.3) is 0 Å². The zero-order valence-corrected chi connectivity index (χ0v) is 13.8. The van der Waals surface area contributed by atoms with Crippen LogP contribution in [-0.4, -0.2) is 36.9 Å². The monoisotopic (exact) mass is 322 g/mol. The van der Waals surface area contributed by atoms with Crippen LogP contribution in [0, 0.1) is 0 Å². The molecular weight excluding hydrogens is 296 g/mol. The van der Waals surface area contributed by atoms with Gasteiger partial charge in [-0.1, -0.05) is 51.2 Å². The van der Waals surface area contributed by atoms with Crippen molar-refractivity contribution < 1.29 is 24.2 Å². The third kappa shape index (κ3) is 7.28. The minimum Gasteiger partial charge on any atom is -0.462 e. The van der Waals surface area contributed by atoms with E-state index < -0.39 is 11.9 Å². The fourth-order valence-corrected chi connectivity index (χ4v) is 2.18. The van der Waals surface area contributed by atoms with Gasteiger partial charge < -0.3 is 14.6 Å². The van der Waals surface area contributed by atoms with Gasteiger partial charge in [0.25, 0.3) is 0 Å². The highest BCUT2D eigenvalue weighted by atomic mass is 16.5. The number of aliphatic hydroxyl groups is 1. The van der Waals surface area contributed by atoms with Gasteiger partial charge in [-0.2, -0.15) is 0 Å². The molecule has 0 atom stereocenters. The van der Waals surface area contributed by atoms with Gasteiger partial charge in [0.15, 0.2) is 0 Å². The molecule has 0 fully saturated rings. The number of ether oxygens (including phenoxy) is 2. The molecule has 128 valence electrons. The van der Waals surface area contributed by atoms with E-state index in [4.69, 9.17) is 14.6 Å². The summed E-state index contributed by atoms with van der Waals surface area (Å²) in [6.45, 7) is 2.17. The molecule has 0 amide bonds. The lowest BCUT2D eigenvalue weighted by molar-refractivity contribution is 0.0410. The van der Waals surface area contributed by atoms with Crippen molar-refractivity contribution in [2.45, 2.75) is 45.4 Å². The normalized spacial score (nSPS) is 10.3. The second kappa shape index (κ2) is 11.7. The molecule has 5 heteroatoms. The molecular formula is C18H26O5. The zero-order chi connectivity index (χ0) is 16.9. The van der Waals surface area contributed by atoms with E-state index in [9.17, 15) is 9.59 Å². The smallest absolute Gasteiger partial charge is 0.339 e. The number of carbonyl (C=O) groups is 2. The van der Waals surface area contributed by atoms with E-state index in [-0.39, 0.29) is 24.3 Å². The maximum atomic E-state index is 12.1. The molecule has 1 aromatic carbocycles. The average molecular weight is 322 g/mol. The van der Waals surface area contributed by atoms with Gasteiger partial charge in [0.05, 0.1) is 24.3 Å². The molecule has 0 aliphatic carbocycles. The van der Waals surface area contributed by atoms with Crippen molar-refractivity contribution in [1.82, 2.24) is 0 Å². The van der Waals surface area contributed by atoms with E-state index in [1.54, 1.807) is 18.2 Å². The Balaban J connectivity index is 2.45. The lowest BCUT2D eigenvalue weighted by atomic mass is 10.1. The van der Waals surface area contributed by atoms with Gasteiger partial charge in [-0.3, -0.25) is 0 Å². The van der Waals surface area contributed by atoms with Gasteiger partial charge in [0.2, 0.25) is 0 Å². The van der Waals surface area contributed by atoms with Crippen molar-refractivity contribution in [2.24, 2.45) is 0 Å². The predicted octanol–water partition coefficient (Wildman–Crippen LogP) is 3.35. The first-order valence-corrected chi connectivity index (χ1v) is 8.24. The van der Waals surface area contributed by atoms with Crippen LogP contribution in [0.15, 0.2) is 24.3 Å². The Hall–Kier alpha value is -1.88. The van der Waals surface area contributed by atoms with Gasteiger partial charge >= 0.3 is 11.9 Å². The molecule has 1 N–H and O–H groups in total. The number of unbranched alkanes of at least 4 members (excludes halogenated alkanes) is 5. The number of hydrogen-bond donors (Lipinski definition) is 1. The number of hydrogen-bond acceptors (Lipinski definition) is 5. The summed E-state index contributed by atoms with van der Waals surface area (Å²) in [4.78, 5) is 24.0. The summed E-state index contributed by atoms with van der Waals surface area (Å²) in [5.74, 6) is -1.15. The highest BCUT2D eigenvalue weighted by Crippen LogP contribution is 2.13. The Morgan fingerprint density at radius 1 is 0.870 bits per heavy atom. The molecule has 0 aliphatic rings. The summed E-state index contributed by atoms with van der Waals surface area (Å²) in [6, 6.07) is 6.38. The topological polar surface area (TPSA) is 72.8 Å². The minimum atomic E-state index is -0.633. The van der Waals surface area contributed by atoms with Crippen LogP contribution < -0.4 is 0 Å². The molecule has 0 spiro atoms. The standard InChI is InChI=1S/C18H26O5/c1-2-3-4-5-6-9-13-22-17(20)15-10-7-8-11-16(15)18(21)23-14-12-19/h7-8,10-11,19H,2-6,9,12-14H2,1H3. The Morgan fingerprint density at radius 2 is 1.39 bits per heavy atom. The fraction of sp³-hybridized carbons (Fsp3) is 0.556. The van der Waals surface area contributed by atoms with E-state index in [1.807, 2.05) is 0 Å². The van der Waals surface area contributed by atoms with Crippen molar-refractivity contribution in [3.05, 3.63) is 35.4 Å². The second-order valence-electron chi connectivity index (χ2n) is 5.31. The van der Waals surface area contributed by atoms with E-state index in [1.165, 1.54) is 25.3 Å². The molecule has 23 heavy (non-hydrogen) atoms. The second-order valence-corrected chi connectivity index (χ2v) is 5.31. The van der Waals surface area contributed by atoms with Crippen LogP contribution in [0.2, 0.25) is 0 Å². The highest BCUT2D eigenvalue weighted by molar-refractivity contribution is 6.03. The van der Waals surface area contributed by atoms with Crippen molar-refractivity contribution in [3.8, 4) is 0 Å². The molecule has 0 bridgehead atoms. The van der Waals surface area contributed by atoms with Gasteiger partial charge in [-0.15, -0.1) is 0 Å². The van der Waals surface area contributed by atoms with Gasteiger partial charge in [0.1, 0.15) is 6.61 Å². The van der Waals surface area contributed by atoms with Crippen molar-refractivity contribution >= 4 is 11.9 Å². The quantitative estimate of drug-likeness (QED) is 0.499. The summed E-state index contributed by atoms with van der Waals surface area (Å²) in [6.07, 6.45) is 6.67. The molecule has 0 aliphatic heterocycles. The molecule has 0 saturated carbocycles. The molecule has 1 aromatic rings. The number of rotatable bonds is 11. The number of esters is 2. The van der Waals surface area contributed by atoms with Crippen LogP contribution in [0.5, 0.6) is 0 Å². The van der Waals surface area contributed by atoms with Gasteiger partial charge in [-0.25, -0.2) is 9.59 Å². The largest absolute Gasteiger partial charge is 0.462 e. The number of aliphatic hydroxyl groups excluding tert-OH is 1. The minimum absolute atomic E-state index is 0.0972. The maximum Gasteiger partial charge on any atom is 0.339 e. The zero-order valence-electron chi connectivity index (χ0n) is 13.8. The first kappa shape index (κ1) is 19.2. The Kier molecular flexibility index (Phi) is 9.71. The summed E-state index contributed by atoms with van der Waals surface area (Å²) >= 11 is 0. The third-order valence-electron chi connectivity index (χ3n) is 3.42. The Labute approximate surface area is 137 Å². The van der Waals surface area contributed by atoms with Gasteiger partial charge in [-0.05, 0) is 18.6 Å². The average Bonchev–Trinajstić information content (AvgIpc) is 2.58. The highest BCUT2D eigenvalue weighted by Gasteiger charge is 2.18. The summed E-state index contributed by atoms with van der Waals surface area (Å²) in [5, 5.41) is 8.69. The van der Waals surface area contributed by atoms with Crippen molar-refractivity contribution in [3.63, 3.8) is 0 Å². The predicted molar refractivity (Wildman–Crippen MR) is 87.5 cm³/mol. The lowest BCUT2D eigenvalue weighted by Gasteiger charge is -2.09. The summed E-state index contributed by atoms with van der Waals surface area (Å²) in [5.41, 5.74) is 0.357. The van der Waals surface area contributed by atoms with Crippen molar-refractivity contribution in [1.29, 1.82) is 0 Å². The molecule has 1 rings (SSSR count). The number of carbonyl (C=O) groups excluding carboxylic acids is 2. The Bertz CT molecular complexity index is 484. The molecule has 0 radical (unpaired) electrons. The SMILES string of the molecule is CCCCCCCCOC(=O)c1ccccc1C(=O)OCCO. The third-order valence-corrected chi connectivity index (χ3v) is 3.42. The summed E-state index contributed by atoms with van der Waals surface area (Å²) in [7, 11) is 0. The van der Waals surface area contributed by atoms with Crippen molar-refractivity contribution in [2.75, 3.05) is 19.8 Å². The van der Waals surface area contributed by atoms with Crippen LogP contribution in [-0.2, 0) is 9.47 Å². The Morgan fingerprint density at radius 3 is 1.96 bits per heavy atom. The molecule has 0 unspecified atom stereocenters. The first-order chi connectivity index (χ1) is 11.2. The fourth-order valence-electron chi connectivity index (χ4n) is 2.18. The van der Waals surface area contributed by atoms with E-state index in [2.05, 4.69) is 6.92 Å². The maximum absolute atomic E-state index is 12.1. The summed E-state index contributed by atoms with van der Waals surface area (Å²) < 4.78 is 10.1. The molecule has 0 aromatic heterocycles. The van der Waals surface area contributed by atoms with Crippen LogP contribution in [0.4, 0.5) is 0 Å². The molecule has 0 saturated heterocycles. The first-order valence-electron chi connectivity index (χ1n) is 8.24. The van der Waals surface area contributed by atoms with Crippen LogP contribution >= 0.6 is 0 Å².